The molecular weight excluding hydrogens is 542 g/mol. The van der Waals surface area contributed by atoms with Crippen molar-refractivity contribution in [3.05, 3.63) is 92.4 Å². The number of aryl methyl sites for hydroxylation is 2. The summed E-state index contributed by atoms with van der Waals surface area (Å²) in [7, 11) is 0. The Hall–Kier alpha value is -3.89. The molecule has 1 N–H and O–H groups in total. The van der Waals surface area contributed by atoms with E-state index in [1.54, 1.807) is 55.1 Å². The van der Waals surface area contributed by atoms with Gasteiger partial charge in [0.2, 0.25) is 0 Å². The van der Waals surface area contributed by atoms with Gasteiger partial charge in [-0.2, -0.15) is 0 Å². The molecule has 0 bridgehead atoms. The Morgan fingerprint density at radius 1 is 1.05 bits per heavy atom. The molecular formula is C29H25ClF2N4O4. The maximum Gasteiger partial charge on any atom is 0.586 e. The molecule has 3 aromatic heterocycles. The van der Waals surface area contributed by atoms with E-state index in [2.05, 4.69) is 24.4 Å². The predicted octanol–water partition coefficient (Wildman–Crippen LogP) is 5.78. The van der Waals surface area contributed by atoms with Crippen molar-refractivity contribution in [2.24, 2.45) is 0 Å². The Morgan fingerprint density at radius 3 is 2.55 bits per heavy atom. The average molecular weight is 567 g/mol. The summed E-state index contributed by atoms with van der Waals surface area (Å²) in [5, 5.41) is 10.4. The Kier molecular flexibility index (Phi) is 5.97. The van der Waals surface area contributed by atoms with E-state index < -0.39 is 11.9 Å². The summed E-state index contributed by atoms with van der Waals surface area (Å²) >= 11 is 6.68. The van der Waals surface area contributed by atoms with Crippen LogP contribution in [0, 0.1) is 13.8 Å². The quantitative estimate of drug-likeness (QED) is 0.327. The van der Waals surface area contributed by atoms with Gasteiger partial charge in [0.25, 0.3) is 5.56 Å². The van der Waals surface area contributed by atoms with Crippen molar-refractivity contribution < 1.29 is 23.4 Å². The van der Waals surface area contributed by atoms with Crippen molar-refractivity contribution in [2.45, 2.75) is 57.8 Å². The van der Waals surface area contributed by atoms with Crippen molar-refractivity contribution in [1.29, 1.82) is 0 Å². The highest BCUT2D eigenvalue weighted by molar-refractivity contribution is 6.31. The van der Waals surface area contributed by atoms with E-state index in [0.29, 0.717) is 34.8 Å². The van der Waals surface area contributed by atoms with Crippen molar-refractivity contribution in [3.63, 3.8) is 0 Å². The maximum atomic E-state index is 13.6. The Morgan fingerprint density at radius 2 is 1.80 bits per heavy atom. The number of fused-ring (bicyclic) bond motifs is 1. The topological polar surface area (TPSA) is 99.4 Å². The molecule has 1 saturated carbocycles. The highest BCUT2D eigenvalue weighted by atomic mass is 35.5. The smallest absolute Gasteiger partial charge is 0.395 e. The van der Waals surface area contributed by atoms with Gasteiger partial charge >= 0.3 is 6.29 Å². The molecule has 1 aliphatic heterocycles. The lowest BCUT2D eigenvalue weighted by atomic mass is 10.0. The fourth-order valence-electron chi connectivity index (χ4n) is 5.10. The van der Waals surface area contributed by atoms with Crippen molar-refractivity contribution in [3.8, 4) is 28.6 Å². The van der Waals surface area contributed by atoms with Gasteiger partial charge in [0, 0.05) is 18.1 Å². The van der Waals surface area contributed by atoms with Crippen LogP contribution in [0.5, 0.6) is 11.5 Å². The molecule has 0 spiro atoms. The summed E-state index contributed by atoms with van der Waals surface area (Å²) in [4.78, 5) is 26.7. The van der Waals surface area contributed by atoms with Gasteiger partial charge in [0.1, 0.15) is 10.6 Å². The van der Waals surface area contributed by atoms with Crippen LogP contribution in [0.4, 0.5) is 8.78 Å². The van der Waals surface area contributed by atoms with Gasteiger partial charge in [-0.05, 0) is 93.0 Å². The largest absolute Gasteiger partial charge is 0.586 e. The van der Waals surface area contributed by atoms with Crippen LogP contribution in [0.2, 0.25) is 5.02 Å². The molecule has 0 amide bonds. The van der Waals surface area contributed by atoms with Crippen LogP contribution in [0.15, 0.2) is 53.6 Å². The SMILES string of the molecule is Cc1cnc(-c2ccnc(C(C)(C)O)n2)cc1-n1c(C)cc([C@@H]2CC2c2ccc3c(c2)OC(F)(F)O3)c(Cl)c1=O. The summed E-state index contributed by atoms with van der Waals surface area (Å²) in [5.41, 5.74) is 2.99. The van der Waals surface area contributed by atoms with Crippen molar-refractivity contribution >= 4 is 11.6 Å². The molecule has 1 unspecified atom stereocenters. The molecule has 0 saturated heterocycles. The molecule has 1 aromatic carbocycles. The van der Waals surface area contributed by atoms with E-state index in [1.165, 1.54) is 6.07 Å². The Bertz CT molecular complexity index is 1730. The number of alkyl halides is 2. The van der Waals surface area contributed by atoms with E-state index in [4.69, 9.17) is 11.6 Å². The van der Waals surface area contributed by atoms with Gasteiger partial charge in [0.05, 0.1) is 17.1 Å². The molecule has 2 atom stereocenters. The predicted molar refractivity (Wildman–Crippen MR) is 143 cm³/mol. The molecule has 40 heavy (non-hydrogen) atoms. The molecule has 8 nitrogen and oxygen atoms in total. The Labute approximate surface area is 233 Å². The molecule has 1 aliphatic carbocycles. The zero-order chi connectivity index (χ0) is 28.6. The highest BCUT2D eigenvalue weighted by Crippen LogP contribution is 2.57. The average Bonchev–Trinajstić information content (AvgIpc) is 3.62. The van der Waals surface area contributed by atoms with Gasteiger partial charge in [-0.15, -0.1) is 8.78 Å². The number of benzene rings is 1. The van der Waals surface area contributed by atoms with E-state index in [9.17, 15) is 18.7 Å². The van der Waals surface area contributed by atoms with E-state index in [1.807, 2.05) is 19.9 Å². The number of rotatable bonds is 5. The normalized spacial score (nSPS) is 19.1. The molecule has 4 aromatic rings. The fourth-order valence-corrected chi connectivity index (χ4v) is 5.38. The number of halogens is 3. The minimum atomic E-state index is -3.68. The zero-order valence-corrected chi connectivity index (χ0v) is 22.8. The molecule has 1 fully saturated rings. The lowest BCUT2D eigenvalue weighted by molar-refractivity contribution is -0.286. The van der Waals surface area contributed by atoms with Gasteiger partial charge < -0.3 is 14.6 Å². The summed E-state index contributed by atoms with van der Waals surface area (Å²) < 4.78 is 37.5. The lowest BCUT2D eigenvalue weighted by Gasteiger charge is -2.17. The van der Waals surface area contributed by atoms with E-state index in [-0.39, 0.29) is 39.7 Å². The minimum Gasteiger partial charge on any atom is -0.395 e. The first-order valence-electron chi connectivity index (χ1n) is 12.7. The monoisotopic (exact) mass is 566 g/mol. The van der Waals surface area contributed by atoms with Gasteiger partial charge in [-0.25, -0.2) is 9.97 Å². The summed E-state index contributed by atoms with van der Waals surface area (Å²) in [5.74, 6) is 0.211. The molecule has 11 heteroatoms. The first-order valence-corrected chi connectivity index (χ1v) is 13.1. The van der Waals surface area contributed by atoms with Gasteiger partial charge in [-0.1, -0.05) is 17.7 Å². The number of hydrogen-bond acceptors (Lipinski definition) is 7. The fraction of sp³-hybridized carbons (Fsp3) is 0.310. The minimum absolute atomic E-state index is 0.00632. The number of aromatic nitrogens is 4. The standard InChI is InChI=1S/C29H25ClF2N4O4/c1-14-13-34-21(20-7-8-33-27(35-20)28(3,4)38)12-22(14)36-15(2)9-19(25(30)26(36)37)18-11-17(18)16-5-6-23-24(10-16)40-29(31,32)39-23/h5-10,12-13,17-18,38H,11H2,1-4H3/t17?,18-/m1/s1. The molecule has 0 radical (unpaired) electrons. The van der Waals surface area contributed by atoms with Gasteiger partial charge in [-0.3, -0.25) is 14.3 Å². The van der Waals surface area contributed by atoms with Crippen LogP contribution in [0.25, 0.3) is 17.1 Å². The van der Waals surface area contributed by atoms with Crippen molar-refractivity contribution in [2.75, 3.05) is 0 Å². The van der Waals surface area contributed by atoms with Crippen LogP contribution < -0.4 is 15.0 Å². The third kappa shape index (κ3) is 4.61. The van der Waals surface area contributed by atoms with Crippen LogP contribution in [-0.2, 0) is 5.60 Å². The van der Waals surface area contributed by atoms with E-state index in [0.717, 1.165) is 11.1 Å². The third-order valence-corrected chi connectivity index (χ3v) is 7.57. The number of nitrogens with zero attached hydrogens (tertiary/aromatic N) is 4. The van der Waals surface area contributed by atoms with Crippen LogP contribution in [0.3, 0.4) is 0 Å². The van der Waals surface area contributed by atoms with E-state index >= 15 is 0 Å². The van der Waals surface area contributed by atoms with Crippen molar-refractivity contribution in [1.82, 2.24) is 19.5 Å². The Balaban J connectivity index is 1.33. The number of hydrogen-bond donors (Lipinski definition) is 1. The lowest BCUT2D eigenvalue weighted by Crippen LogP contribution is -2.25. The summed E-state index contributed by atoms with van der Waals surface area (Å²) in [6.45, 7) is 6.88. The molecule has 4 heterocycles. The second kappa shape index (κ2) is 9.07. The first-order chi connectivity index (χ1) is 18.8. The molecule has 2 aliphatic rings. The van der Waals surface area contributed by atoms with Crippen LogP contribution in [-0.4, -0.2) is 30.9 Å². The van der Waals surface area contributed by atoms with Crippen LogP contribution in [0.1, 0.15) is 60.3 Å². The summed E-state index contributed by atoms with van der Waals surface area (Å²) in [6.07, 6.45) is 0.251. The highest BCUT2D eigenvalue weighted by Gasteiger charge is 2.46. The second-order valence-electron chi connectivity index (χ2n) is 10.7. The number of aliphatic hydroxyl groups is 1. The van der Waals surface area contributed by atoms with Gasteiger partial charge in [0.15, 0.2) is 17.3 Å². The first kappa shape index (κ1) is 26.3. The molecule has 6 rings (SSSR count). The zero-order valence-electron chi connectivity index (χ0n) is 22.1. The molecule has 206 valence electrons. The maximum absolute atomic E-state index is 13.6. The van der Waals surface area contributed by atoms with Crippen LogP contribution >= 0.6 is 11.6 Å². The third-order valence-electron chi connectivity index (χ3n) is 7.19. The number of pyridine rings is 2. The summed E-state index contributed by atoms with van der Waals surface area (Å²) in [6, 6.07) is 10.1. The number of ether oxygens (including phenoxy) is 2. The second-order valence-corrected chi connectivity index (χ2v) is 11.1.